The number of amides is 2. The fourth-order valence-corrected chi connectivity index (χ4v) is 4.79. The van der Waals surface area contributed by atoms with E-state index in [4.69, 9.17) is 23.2 Å². The van der Waals surface area contributed by atoms with Crippen LogP contribution in [0.2, 0.25) is 10.0 Å². The summed E-state index contributed by atoms with van der Waals surface area (Å²) in [6.45, 7) is -0.742. The van der Waals surface area contributed by atoms with Crippen LogP contribution >= 0.6 is 23.2 Å². The molecule has 3 aromatic rings. The van der Waals surface area contributed by atoms with Crippen LogP contribution < -0.4 is 0 Å². The van der Waals surface area contributed by atoms with E-state index in [0.29, 0.717) is 23.3 Å². The maximum Gasteiger partial charge on any atom is 0.416 e. The zero-order valence-corrected chi connectivity index (χ0v) is 22.1. The number of rotatable bonds is 6. The molecule has 13 heteroatoms. The van der Waals surface area contributed by atoms with Crippen molar-refractivity contribution in [1.82, 2.24) is 14.8 Å². The molecule has 0 N–H and O–H groups in total. The van der Waals surface area contributed by atoms with Gasteiger partial charge in [-0.1, -0.05) is 35.3 Å². The normalized spacial score (nSPS) is 16.9. The highest BCUT2D eigenvalue weighted by atomic mass is 35.5. The van der Waals surface area contributed by atoms with Gasteiger partial charge in [0.15, 0.2) is 0 Å². The van der Waals surface area contributed by atoms with Gasteiger partial charge in [0.05, 0.1) is 21.2 Å². The number of halogens is 8. The molecule has 40 heavy (non-hydrogen) atoms. The number of carbonyl (C=O) groups excluding carboxylic acids is 2. The summed E-state index contributed by atoms with van der Waals surface area (Å²) in [5.41, 5.74) is -2.15. The molecule has 1 atom stereocenters. The molecule has 0 bridgehead atoms. The third kappa shape index (κ3) is 7.06. The Labute approximate surface area is 235 Å². The molecule has 4 rings (SSSR count). The first kappa shape index (κ1) is 29.7. The SMILES string of the molecule is O=C1C(Cc2ccc(Cl)c(Cl)c2)N(Cc2cccnc2)C(=O)CCN1Cc1cc(C(F)(F)F)cc(C(F)(F)F)c1. The van der Waals surface area contributed by atoms with Gasteiger partial charge in [-0.15, -0.1) is 0 Å². The van der Waals surface area contributed by atoms with Crippen molar-refractivity contribution in [3.63, 3.8) is 0 Å². The average molecular weight is 604 g/mol. The summed E-state index contributed by atoms with van der Waals surface area (Å²) in [7, 11) is 0. The largest absolute Gasteiger partial charge is 0.416 e. The molecular formula is C27H21Cl2F6N3O2. The standard InChI is InChI=1S/C27H21Cl2F6N3O2/c28-21-4-3-16(10-22(21)29)11-23-25(40)37(7-5-24(39)38(23)15-17-2-1-6-36-13-17)14-18-8-19(26(30,31)32)12-20(9-18)27(33,34)35/h1-4,6,8-10,12-13,23H,5,7,11,14-15H2. The number of hydrogen-bond donors (Lipinski definition) is 0. The Balaban J connectivity index is 1.71. The quantitative estimate of drug-likeness (QED) is 0.291. The van der Waals surface area contributed by atoms with E-state index in [1.165, 1.54) is 29.4 Å². The van der Waals surface area contributed by atoms with Crippen molar-refractivity contribution < 1.29 is 35.9 Å². The summed E-state index contributed by atoms with van der Waals surface area (Å²) >= 11 is 12.1. The molecule has 0 spiro atoms. The van der Waals surface area contributed by atoms with Gasteiger partial charge in [0.2, 0.25) is 11.8 Å². The molecule has 212 valence electrons. The number of carbonyl (C=O) groups is 2. The smallest absolute Gasteiger partial charge is 0.336 e. The minimum atomic E-state index is -5.04. The van der Waals surface area contributed by atoms with E-state index in [1.807, 2.05) is 0 Å². The lowest BCUT2D eigenvalue weighted by Crippen LogP contribution is -2.48. The van der Waals surface area contributed by atoms with Crippen molar-refractivity contribution in [2.45, 2.75) is 44.3 Å². The van der Waals surface area contributed by atoms with Crippen LogP contribution in [0.1, 0.15) is 34.2 Å². The maximum absolute atomic E-state index is 13.8. The molecule has 0 radical (unpaired) electrons. The van der Waals surface area contributed by atoms with Crippen LogP contribution in [0.4, 0.5) is 26.3 Å². The first-order valence-electron chi connectivity index (χ1n) is 11.9. The lowest BCUT2D eigenvalue weighted by Gasteiger charge is -2.31. The molecule has 1 saturated heterocycles. The molecule has 1 aromatic heterocycles. The van der Waals surface area contributed by atoms with Crippen LogP contribution in [0.3, 0.4) is 0 Å². The predicted molar refractivity (Wildman–Crippen MR) is 135 cm³/mol. The number of aromatic nitrogens is 1. The summed E-state index contributed by atoms with van der Waals surface area (Å²) in [6, 6.07) is 8.10. The Bertz CT molecular complexity index is 1370. The third-order valence-corrected chi connectivity index (χ3v) is 7.14. The van der Waals surface area contributed by atoms with E-state index in [2.05, 4.69) is 4.98 Å². The molecule has 2 amide bonds. The van der Waals surface area contributed by atoms with Crippen LogP contribution in [0.5, 0.6) is 0 Å². The van der Waals surface area contributed by atoms with Gasteiger partial charge in [0.25, 0.3) is 0 Å². The summed E-state index contributed by atoms with van der Waals surface area (Å²) in [4.78, 5) is 33.5. The Morgan fingerprint density at radius 2 is 1.50 bits per heavy atom. The van der Waals surface area contributed by atoms with Gasteiger partial charge in [-0.25, -0.2) is 0 Å². The fourth-order valence-electron chi connectivity index (χ4n) is 4.46. The summed E-state index contributed by atoms with van der Waals surface area (Å²) in [5, 5.41) is 0.485. The molecule has 5 nitrogen and oxygen atoms in total. The lowest BCUT2D eigenvalue weighted by atomic mass is 10.0. The van der Waals surface area contributed by atoms with Crippen molar-refractivity contribution in [2.24, 2.45) is 0 Å². The average Bonchev–Trinajstić information content (AvgIpc) is 2.98. The van der Waals surface area contributed by atoms with Crippen LogP contribution in [-0.4, -0.2) is 39.2 Å². The van der Waals surface area contributed by atoms with Crippen molar-refractivity contribution in [2.75, 3.05) is 6.54 Å². The lowest BCUT2D eigenvalue weighted by molar-refractivity contribution is -0.143. The highest BCUT2D eigenvalue weighted by Crippen LogP contribution is 2.37. The molecular weight excluding hydrogens is 583 g/mol. The Morgan fingerprint density at radius 1 is 0.825 bits per heavy atom. The third-order valence-electron chi connectivity index (χ3n) is 6.40. The number of alkyl halides is 6. The Hall–Kier alpha value is -3.31. The van der Waals surface area contributed by atoms with Gasteiger partial charge in [-0.3, -0.25) is 14.6 Å². The zero-order valence-electron chi connectivity index (χ0n) is 20.6. The van der Waals surface area contributed by atoms with Crippen molar-refractivity contribution in [3.8, 4) is 0 Å². The zero-order chi connectivity index (χ0) is 29.2. The van der Waals surface area contributed by atoms with Crippen molar-refractivity contribution in [1.29, 1.82) is 0 Å². The van der Waals surface area contributed by atoms with Gasteiger partial charge >= 0.3 is 12.4 Å². The first-order chi connectivity index (χ1) is 18.7. The van der Waals surface area contributed by atoms with E-state index in [1.54, 1.807) is 18.2 Å². The van der Waals surface area contributed by atoms with Gasteiger partial charge in [0.1, 0.15) is 6.04 Å². The summed E-state index contributed by atoms with van der Waals surface area (Å²) in [5.74, 6) is -1.04. The van der Waals surface area contributed by atoms with Gasteiger partial charge in [-0.2, -0.15) is 26.3 Å². The van der Waals surface area contributed by atoms with Gasteiger partial charge in [0, 0.05) is 44.9 Å². The second-order valence-electron chi connectivity index (χ2n) is 9.28. The minimum absolute atomic E-state index is 0.0139. The Morgan fingerprint density at radius 3 is 2.08 bits per heavy atom. The number of nitrogens with zero attached hydrogens (tertiary/aromatic N) is 3. The topological polar surface area (TPSA) is 53.5 Å². The Kier molecular flexibility index (Phi) is 8.65. The summed E-state index contributed by atoms with van der Waals surface area (Å²) in [6.07, 6.45) is -7.21. The van der Waals surface area contributed by atoms with E-state index >= 15 is 0 Å². The minimum Gasteiger partial charge on any atom is -0.336 e. The maximum atomic E-state index is 13.8. The molecule has 1 aliphatic rings. The van der Waals surface area contributed by atoms with Crippen LogP contribution in [-0.2, 0) is 41.5 Å². The molecule has 0 aliphatic carbocycles. The highest BCUT2D eigenvalue weighted by Gasteiger charge is 2.39. The number of pyridine rings is 1. The number of benzene rings is 2. The van der Waals surface area contributed by atoms with E-state index in [-0.39, 0.29) is 47.6 Å². The van der Waals surface area contributed by atoms with E-state index < -0.39 is 47.9 Å². The second kappa shape index (κ2) is 11.7. The van der Waals surface area contributed by atoms with Crippen LogP contribution in [0.25, 0.3) is 0 Å². The number of hydrogen-bond acceptors (Lipinski definition) is 3. The molecule has 0 saturated carbocycles. The van der Waals surface area contributed by atoms with Crippen LogP contribution in [0.15, 0.2) is 60.9 Å². The van der Waals surface area contributed by atoms with E-state index in [0.717, 1.165) is 4.90 Å². The monoisotopic (exact) mass is 603 g/mol. The van der Waals surface area contributed by atoms with Crippen LogP contribution in [0, 0.1) is 0 Å². The molecule has 2 aromatic carbocycles. The summed E-state index contributed by atoms with van der Waals surface area (Å²) < 4.78 is 80.4. The van der Waals surface area contributed by atoms with Crippen molar-refractivity contribution in [3.05, 3.63) is 98.8 Å². The second-order valence-corrected chi connectivity index (χ2v) is 10.1. The fraction of sp³-hybridized carbons (Fsp3) is 0.296. The highest BCUT2D eigenvalue weighted by molar-refractivity contribution is 6.42. The molecule has 1 unspecified atom stereocenters. The predicted octanol–water partition coefficient (Wildman–Crippen LogP) is 6.80. The first-order valence-corrected chi connectivity index (χ1v) is 12.7. The molecule has 2 heterocycles. The van der Waals surface area contributed by atoms with Gasteiger partial charge in [-0.05, 0) is 53.1 Å². The van der Waals surface area contributed by atoms with Gasteiger partial charge < -0.3 is 9.80 Å². The molecule has 1 aliphatic heterocycles. The van der Waals surface area contributed by atoms with Crippen molar-refractivity contribution >= 4 is 35.0 Å². The van der Waals surface area contributed by atoms with E-state index in [9.17, 15) is 35.9 Å². The molecule has 1 fully saturated rings.